The van der Waals surface area contributed by atoms with Crippen molar-refractivity contribution < 1.29 is 14.3 Å². The highest BCUT2D eigenvalue weighted by atomic mass is 16.5. The Balaban J connectivity index is 1.95. The van der Waals surface area contributed by atoms with E-state index in [9.17, 15) is 14.9 Å². The van der Waals surface area contributed by atoms with Gasteiger partial charge < -0.3 is 10.1 Å². The largest absolute Gasteiger partial charge is 0.449 e. The third-order valence-electron chi connectivity index (χ3n) is 4.75. The zero-order valence-electron chi connectivity index (χ0n) is 15.2. The van der Waals surface area contributed by atoms with Crippen LogP contribution in [0.3, 0.4) is 0 Å². The molecule has 1 aromatic carbocycles. The lowest BCUT2D eigenvalue weighted by atomic mass is 9.83. The van der Waals surface area contributed by atoms with Gasteiger partial charge in [0.2, 0.25) is 0 Å². The third kappa shape index (κ3) is 4.82. The molecule has 1 atom stereocenters. The molecular weight excluding hydrogens is 316 g/mol. The van der Waals surface area contributed by atoms with Crippen molar-refractivity contribution in [1.82, 2.24) is 5.32 Å². The van der Waals surface area contributed by atoms with Gasteiger partial charge in [-0.2, -0.15) is 5.26 Å². The maximum Gasteiger partial charge on any atom is 0.338 e. The highest BCUT2D eigenvalue weighted by Gasteiger charge is 2.35. The molecule has 1 fully saturated rings. The molecule has 0 saturated heterocycles. The fourth-order valence-electron chi connectivity index (χ4n) is 3.04. The van der Waals surface area contributed by atoms with Crippen LogP contribution in [0.5, 0.6) is 0 Å². The fourth-order valence-corrected chi connectivity index (χ4v) is 3.04. The van der Waals surface area contributed by atoms with Crippen LogP contribution in [0.2, 0.25) is 0 Å². The van der Waals surface area contributed by atoms with Gasteiger partial charge in [-0.3, -0.25) is 4.79 Å². The molecular formula is C20H26N2O3. The standard InChI is InChI=1S/C20H26N2O3/c1-14(2)16-7-9-17(10-8-16)19(24)25-15(3)18(23)22-20(13-21)11-5-4-6-12-20/h7-10,14-15H,4-6,11-12H2,1-3H3,(H,22,23)/t15-/m1/s1. The van der Waals surface area contributed by atoms with Crippen molar-refractivity contribution in [1.29, 1.82) is 5.26 Å². The molecule has 1 aromatic rings. The first-order valence-corrected chi connectivity index (χ1v) is 8.91. The van der Waals surface area contributed by atoms with Gasteiger partial charge in [0.05, 0.1) is 11.6 Å². The molecule has 5 nitrogen and oxygen atoms in total. The van der Waals surface area contributed by atoms with Crippen LogP contribution < -0.4 is 5.32 Å². The quantitative estimate of drug-likeness (QED) is 0.828. The Kier molecular flexibility index (Phi) is 6.19. The topological polar surface area (TPSA) is 79.2 Å². The Hall–Kier alpha value is -2.35. The molecule has 1 N–H and O–H groups in total. The summed E-state index contributed by atoms with van der Waals surface area (Å²) in [5, 5.41) is 12.2. The van der Waals surface area contributed by atoms with Gasteiger partial charge in [0, 0.05) is 0 Å². The summed E-state index contributed by atoms with van der Waals surface area (Å²) in [6.07, 6.45) is 3.27. The predicted octanol–water partition coefficient (Wildman–Crippen LogP) is 3.70. The zero-order valence-corrected chi connectivity index (χ0v) is 15.2. The molecule has 1 amide bonds. The Labute approximate surface area is 149 Å². The maximum atomic E-state index is 12.3. The average molecular weight is 342 g/mol. The number of carbonyl (C=O) groups excluding carboxylic acids is 2. The second kappa shape index (κ2) is 8.15. The van der Waals surface area contributed by atoms with Gasteiger partial charge in [-0.25, -0.2) is 4.79 Å². The van der Waals surface area contributed by atoms with E-state index in [1.54, 1.807) is 12.1 Å². The molecule has 0 aliphatic heterocycles. The monoisotopic (exact) mass is 342 g/mol. The number of carbonyl (C=O) groups is 2. The minimum atomic E-state index is -0.940. The molecule has 0 heterocycles. The van der Waals surface area contributed by atoms with Gasteiger partial charge in [-0.05, 0) is 43.4 Å². The van der Waals surface area contributed by atoms with E-state index in [1.807, 2.05) is 12.1 Å². The van der Waals surface area contributed by atoms with E-state index in [1.165, 1.54) is 6.92 Å². The van der Waals surface area contributed by atoms with Crippen molar-refractivity contribution in [3.05, 3.63) is 35.4 Å². The number of ether oxygens (including phenoxy) is 1. The van der Waals surface area contributed by atoms with E-state index in [4.69, 9.17) is 4.74 Å². The lowest BCUT2D eigenvalue weighted by molar-refractivity contribution is -0.130. The number of amides is 1. The number of nitrogens with one attached hydrogen (secondary N) is 1. The molecule has 1 saturated carbocycles. The molecule has 5 heteroatoms. The molecule has 1 aliphatic carbocycles. The van der Waals surface area contributed by atoms with Gasteiger partial charge in [0.25, 0.3) is 5.91 Å². The van der Waals surface area contributed by atoms with E-state index >= 15 is 0 Å². The number of nitrogens with zero attached hydrogens (tertiary/aromatic N) is 1. The third-order valence-corrected chi connectivity index (χ3v) is 4.75. The number of benzene rings is 1. The van der Waals surface area contributed by atoms with Crippen molar-refractivity contribution >= 4 is 11.9 Å². The Morgan fingerprint density at radius 3 is 2.24 bits per heavy atom. The first kappa shape index (κ1) is 19.0. The van der Waals surface area contributed by atoms with Crippen LogP contribution in [-0.2, 0) is 9.53 Å². The Morgan fingerprint density at radius 2 is 1.72 bits per heavy atom. The van der Waals surface area contributed by atoms with Crippen LogP contribution in [0.25, 0.3) is 0 Å². The molecule has 0 aromatic heterocycles. The predicted molar refractivity (Wildman–Crippen MR) is 95.0 cm³/mol. The molecule has 25 heavy (non-hydrogen) atoms. The number of esters is 1. The summed E-state index contributed by atoms with van der Waals surface area (Å²) >= 11 is 0. The second-order valence-electron chi connectivity index (χ2n) is 7.07. The summed E-state index contributed by atoms with van der Waals surface area (Å²) < 4.78 is 5.27. The van der Waals surface area contributed by atoms with Crippen molar-refractivity contribution in [3.8, 4) is 6.07 Å². The molecule has 0 radical (unpaired) electrons. The molecule has 0 bridgehead atoms. The lowest BCUT2D eigenvalue weighted by Crippen LogP contribution is -2.52. The zero-order chi connectivity index (χ0) is 18.4. The van der Waals surface area contributed by atoms with Crippen LogP contribution in [0.15, 0.2) is 24.3 Å². The van der Waals surface area contributed by atoms with Crippen LogP contribution in [0, 0.1) is 11.3 Å². The van der Waals surface area contributed by atoms with Gasteiger partial charge in [0.15, 0.2) is 6.10 Å². The van der Waals surface area contributed by atoms with E-state index < -0.39 is 23.5 Å². The normalized spacial score (nSPS) is 17.4. The van der Waals surface area contributed by atoms with Crippen LogP contribution in [-0.4, -0.2) is 23.5 Å². The van der Waals surface area contributed by atoms with Crippen molar-refractivity contribution in [2.45, 2.75) is 70.4 Å². The van der Waals surface area contributed by atoms with Gasteiger partial charge in [-0.1, -0.05) is 45.2 Å². The fraction of sp³-hybridized carbons (Fsp3) is 0.550. The summed E-state index contributed by atoms with van der Waals surface area (Å²) in [4.78, 5) is 24.6. The minimum absolute atomic E-state index is 0.382. The van der Waals surface area contributed by atoms with Gasteiger partial charge in [-0.15, -0.1) is 0 Å². The molecule has 0 spiro atoms. The smallest absolute Gasteiger partial charge is 0.338 e. The maximum absolute atomic E-state index is 12.3. The minimum Gasteiger partial charge on any atom is -0.449 e. The van der Waals surface area contributed by atoms with E-state index in [-0.39, 0.29) is 0 Å². The highest BCUT2D eigenvalue weighted by molar-refractivity contribution is 5.92. The van der Waals surface area contributed by atoms with Crippen molar-refractivity contribution in [3.63, 3.8) is 0 Å². The Bertz CT molecular complexity index is 653. The first-order chi connectivity index (χ1) is 11.9. The van der Waals surface area contributed by atoms with E-state index in [0.717, 1.165) is 24.8 Å². The summed E-state index contributed by atoms with van der Waals surface area (Å²) in [5.41, 5.74) is 0.724. The first-order valence-electron chi connectivity index (χ1n) is 8.91. The molecule has 2 rings (SSSR count). The molecule has 134 valence electrons. The number of nitriles is 1. The average Bonchev–Trinajstić information content (AvgIpc) is 2.62. The number of hydrogen-bond donors (Lipinski definition) is 1. The highest BCUT2D eigenvalue weighted by Crippen LogP contribution is 2.27. The number of rotatable bonds is 5. The SMILES string of the molecule is CC(C)c1ccc(C(=O)O[C@H](C)C(=O)NC2(C#N)CCCCC2)cc1. The summed E-state index contributed by atoms with van der Waals surface area (Å²) in [5.74, 6) is -0.573. The van der Waals surface area contributed by atoms with Crippen molar-refractivity contribution in [2.75, 3.05) is 0 Å². The van der Waals surface area contributed by atoms with Crippen LogP contribution in [0.4, 0.5) is 0 Å². The van der Waals surface area contributed by atoms with Crippen molar-refractivity contribution in [2.24, 2.45) is 0 Å². The summed E-state index contributed by atoms with van der Waals surface area (Å²) in [7, 11) is 0. The van der Waals surface area contributed by atoms with Gasteiger partial charge >= 0.3 is 5.97 Å². The van der Waals surface area contributed by atoms with Crippen LogP contribution >= 0.6 is 0 Å². The van der Waals surface area contributed by atoms with E-state index in [2.05, 4.69) is 25.2 Å². The van der Waals surface area contributed by atoms with Gasteiger partial charge in [0.1, 0.15) is 5.54 Å². The summed E-state index contributed by atoms with van der Waals surface area (Å²) in [6, 6.07) is 9.42. The van der Waals surface area contributed by atoms with Crippen LogP contribution in [0.1, 0.15) is 74.7 Å². The van der Waals surface area contributed by atoms with E-state index in [0.29, 0.717) is 24.3 Å². The Morgan fingerprint density at radius 1 is 1.12 bits per heavy atom. The lowest BCUT2D eigenvalue weighted by Gasteiger charge is -2.32. The number of hydrogen-bond acceptors (Lipinski definition) is 4. The molecule has 0 unspecified atom stereocenters. The summed E-state index contributed by atoms with van der Waals surface area (Å²) in [6.45, 7) is 5.69. The second-order valence-corrected chi connectivity index (χ2v) is 7.07. The molecule has 1 aliphatic rings.